The van der Waals surface area contributed by atoms with Gasteiger partial charge >= 0.3 is 0 Å². The van der Waals surface area contributed by atoms with Gasteiger partial charge in [0.15, 0.2) is 9.84 Å². The van der Waals surface area contributed by atoms with Crippen molar-refractivity contribution in [3.63, 3.8) is 0 Å². The Morgan fingerprint density at radius 1 is 1.44 bits per heavy atom. The average Bonchev–Trinajstić information content (AvgIpc) is 2.28. The molecular weight excluding hydrogens is 278 g/mol. The summed E-state index contributed by atoms with van der Waals surface area (Å²) in [5.74, 6) is 0. The molecule has 1 aromatic rings. The lowest BCUT2D eigenvalue weighted by Gasteiger charge is -2.14. The number of benzene rings is 1. The molecule has 18 heavy (non-hydrogen) atoms. The van der Waals surface area contributed by atoms with E-state index in [2.05, 4.69) is 5.32 Å². The van der Waals surface area contributed by atoms with E-state index >= 15 is 0 Å². The van der Waals surface area contributed by atoms with Crippen molar-refractivity contribution in [1.29, 1.82) is 0 Å². The van der Waals surface area contributed by atoms with Crippen LogP contribution in [-0.2, 0) is 9.84 Å². The molecule has 0 aromatic heterocycles. The summed E-state index contributed by atoms with van der Waals surface area (Å²) >= 11 is 6.04. The second-order valence-corrected chi connectivity index (χ2v) is 6.48. The van der Waals surface area contributed by atoms with E-state index in [-0.39, 0.29) is 18.0 Å². The Hall–Kier alpha value is -0.820. The Labute approximate surface area is 111 Å². The zero-order chi connectivity index (χ0) is 13.9. The van der Waals surface area contributed by atoms with Crippen LogP contribution in [-0.4, -0.2) is 44.1 Å². The summed E-state index contributed by atoms with van der Waals surface area (Å²) in [5.41, 5.74) is 1.05. The molecule has 3 N–H and O–H groups in total. The topological polar surface area (TPSA) is 86.6 Å². The Balaban J connectivity index is 3.07. The third-order valence-corrected chi connectivity index (χ3v) is 3.99. The molecule has 0 aliphatic rings. The number of hydrogen-bond donors (Lipinski definition) is 3. The molecule has 0 aliphatic carbocycles. The molecule has 0 bridgehead atoms. The van der Waals surface area contributed by atoms with Gasteiger partial charge in [-0.05, 0) is 24.6 Å². The van der Waals surface area contributed by atoms with Gasteiger partial charge in [0.05, 0.1) is 28.3 Å². The normalized spacial score (nSPS) is 13.4. The monoisotopic (exact) mass is 293 g/mol. The van der Waals surface area contributed by atoms with Crippen LogP contribution >= 0.6 is 11.6 Å². The van der Waals surface area contributed by atoms with Gasteiger partial charge in [0.2, 0.25) is 0 Å². The molecule has 5 nitrogen and oxygen atoms in total. The number of hydrogen-bond acceptors (Lipinski definition) is 5. The van der Waals surface area contributed by atoms with Gasteiger partial charge in [0, 0.05) is 12.8 Å². The summed E-state index contributed by atoms with van der Waals surface area (Å²) in [6, 6.07) is 2.90. The van der Waals surface area contributed by atoms with E-state index in [1.165, 1.54) is 12.1 Å². The first-order valence-electron chi connectivity index (χ1n) is 5.28. The van der Waals surface area contributed by atoms with Gasteiger partial charge in [0.1, 0.15) is 0 Å². The van der Waals surface area contributed by atoms with Gasteiger partial charge in [-0.1, -0.05) is 11.6 Å². The second kappa shape index (κ2) is 5.88. The maximum Gasteiger partial charge on any atom is 0.175 e. The molecule has 1 aromatic carbocycles. The number of aliphatic hydroxyl groups is 2. The number of halogens is 1. The highest BCUT2D eigenvalue weighted by Crippen LogP contribution is 2.29. The van der Waals surface area contributed by atoms with E-state index < -0.39 is 15.9 Å². The minimum Gasteiger partial charge on any atom is -0.394 e. The van der Waals surface area contributed by atoms with E-state index in [1.807, 2.05) is 0 Å². The summed E-state index contributed by atoms with van der Waals surface area (Å²) in [4.78, 5) is 0.158. The fourth-order valence-electron chi connectivity index (χ4n) is 1.37. The molecule has 1 rings (SSSR count). The van der Waals surface area contributed by atoms with Crippen molar-refractivity contribution in [2.75, 3.05) is 24.7 Å². The summed E-state index contributed by atoms with van der Waals surface area (Å²) < 4.78 is 23.0. The van der Waals surface area contributed by atoms with E-state index in [9.17, 15) is 13.5 Å². The smallest absolute Gasteiger partial charge is 0.175 e. The second-order valence-electron chi connectivity index (χ2n) is 4.09. The maximum absolute atomic E-state index is 11.5. The molecule has 7 heteroatoms. The summed E-state index contributed by atoms with van der Waals surface area (Å²) in [5, 5.41) is 21.1. The molecule has 1 atom stereocenters. The fourth-order valence-corrected chi connectivity index (χ4v) is 2.27. The summed E-state index contributed by atoms with van der Waals surface area (Å²) in [6.07, 6.45) is 0.186. The highest BCUT2D eigenvalue weighted by atomic mass is 35.5. The van der Waals surface area contributed by atoms with Crippen LogP contribution in [0.4, 0.5) is 5.69 Å². The average molecular weight is 294 g/mol. The van der Waals surface area contributed by atoms with Gasteiger partial charge < -0.3 is 15.5 Å². The van der Waals surface area contributed by atoms with Crippen molar-refractivity contribution in [2.45, 2.75) is 17.9 Å². The first-order chi connectivity index (χ1) is 8.25. The van der Waals surface area contributed by atoms with E-state index in [0.29, 0.717) is 16.3 Å². The molecule has 1 unspecified atom stereocenters. The Bertz CT molecular complexity index is 530. The lowest BCUT2D eigenvalue weighted by atomic mass is 10.2. The first kappa shape index (κ1) is 15.2. The predicted octanol–water partition coefficient (Wildman–Crippen LogP) is 0.817. The number of rotatable bonds is 5. The van der Waals surface area contributed by atoms with Crippen molar-refractivity contribution in [3.05, 3.63) is 22.7 Å². The number of nitrogens with one attached hydrogen (secondary N) is 1. The zero-order valence-electron chi connectivity index (χ0n) is 10.1. The van der Waals surface area contributed by atoms with Crippen LogP contribution in [0.5, 0.6) is 0 Å². The zero-order valence-corrected chi connectivity index (χ0v) is 11.7. The minimum absolute atomic E-state index is 0.0862. The van der Waals surface area contributed by atoms with Crippen LogP contribution in [0.25, 0.3) is 0 Å². The van der Waals surface area contributed by atoms with E-state index in [4.69, 9.17) is 16.7 Å². The van der Waals surface area contributed by atoms with Crippen LogP contribution in [0.2, 0.25) is 5.02 Å². The predicted molar refractivity (Wildman–Crippen MR) is 70.9 cm³/mol. The van der Waals surface area contributed by atoms with Gasteiger partial charge in [-0.2, -0.15) is 0 Å². The van der Waals surface area contributed by atoms with Crippen molar-refractivity contribution in [1.82, 2.24) is 0 Å². The number of sulfone groups is 1. The lowest BCUT2D eigenvalue weighted by molar-refractivity contribution is 0.105. The molecule has 0 saturated carbocycles. The molecular formula is C11H16ClNO4S. The van der Waals surface area contributed by atoms with Crippen molar-refractivity contribution >= 4 is 27.1 Å². The Kier molecular flexibility index (Phi) is 4.98. The first-order valence-corrected chi connectivity index (χ1v) is 7.55. The molecule has 0 saturated heterocycles. The quantitative estimate of drug-likeness (QED) is 0.748. The largest absolute Gasteiger partial charge is 0.394 e. The number of aryl methyl sites for hydroxylation is 1. The summed E-state index contributed by atoms with van der Waals surface area (Å²) in [6.45, 7) is 1.41. The van der Waals surface area contributed by atoms with Gasteiger partial charge in [0.25, 0.3) is 0 Å². The van der Waals surface area contributed by atoms with Gasteiger partial charge in [-0.25, -0.2) is 8.42 Å². The van der Waals surface area contributed by atoms with Crippen molar-refractivity contribution in [3.8, 4) is 0 Å². The Morgan fingerprint density at radius 3 is 2.56 bits per heavy atom. The summed E-state index contributed by atoms with van der Waals surface area (Å²) in [7, 11) is -3.32. The molecule has 0 aliphatic heterocycles. The van der Waals surface area contributed by atoms with Crippen molar-refractivity contribution in [2.24, 2.45) is 0 Å². The number of aliphatic hydroxyl groups excluding tert-OH is 2. The lowest BCUT2D eigenvalue weighted by Crippen LogP contribution is -2.23. The highest BCUT2D eigenvalue weighted by molar-refractivity contribution is 7.90. The third-order valence-electron chi connectivity index (χ3n) is 2.40. The molecule has 0 radical (unpaired) electrons. The van der Waals surface area contributed by atoms with E-state index in [0.717, 1.165) is 6.26 Å². The van der Waals surface area contributed by atoms with E-state index in [1.54, 1.807) is 6.92 Å². The van der Waals surface area contributed by atoms with Crippen LogP contribution in [0.3, 0.4) is 0 Å². The van der Waals surface area contributed by atoms with Crippen LogP contribution in [0.1, 0.15) is 5.56 Å². The SMILES string of the molecule is Cc1cc(S(C)(=O)=O)cc(NCC(O)CO)c1Cl. The molecule has 0 spiro atoms. The standard InChI is InChI=1S/C11H16ClNO4S/c1-7-3-9(18(2,16)17)4-10(11(7)12)13-5-8(15)6-14/h3-4,8,13-15H,5-6H2,1-2H3. The van der Waals surface area contributed by atoms with Gasteiger partial charge in [-0.3, -0.25) is 0 Å². The van der Waals surface area contributed by atoms with Gasteiger partial charge in [-0.15, -0.1) is 0 Å². The van der Waals surface area contributed by atoms with Crippen molar-refractivity contribution < 1.29 is 18.6 Å². The third kappa shape index (κ3) is 3.84. The minimum atomic E-state index is -3.32. The highest BCUT2D eigenvalue weighted by Gasteiger charge is 2.13. The molecule has 0 heterocycles. The fraction of sp³-hybridized carbons (Fsp3) is 0.455. The van der Waals surface area contributed by atoms with Crippen LogP contribution in [0, 0.1) is 6.92 Å². The Morgan fingerprint density at radius 2 is 2.06 bits per heavy atom. The number of anilines is 1. The molecule has 0 amide bonds. The van der Waals surface area contributed by atoms with Crippen LogP contribution in [0.15, 0.2) is 17.0 Å². The molecule has 0 fully saturated rings. The molecule has 102 valence electrons. The maximum atomic E-state index is 11.5. The van der Waals surface area contributed by atoms with Crippen LogP contribution < -0.4 is 5.32 Å².